The Morgan fingerprint density at radius 1 is 1.07 bits per heavy atom. The lowest BCUT2D eigenvalue weighted by Gasteiger charge is -2.35. The maximum Gasteiger partial charge on any atom is 0.166 e. The molecule has 1 aromatic carbocycles. The van der Waals surface area contributed by atoms with E-state index in [0.717, 1.165) is 18.4 Å². The van der Waals surface area contributed by atoms with Gasteiger partial charge in [-0.25, -0.2) is 0 Å². The maximum absolute atomic E-state index is 12.3. The van der Waals surface area contributed by atoms with Gasteiger partial charge in [-0.05, 0) is 30.7 Å². The third-order valence-corrected chi connectivity index (χ3v) is 4.01. The molecule has 0 heterocycles. The van der Waals surface area contributed by atoms with Crippen LogP contribution in [-0.2, 0) is 6.42 Å². The fourth-order valence-corrected chi connectivity index (χ4v) is 3.22. The minimum absolute atomic E-state index is 0.341. The molecule has 0 aromatic heterocycles. The SMILES string of the molecule is O=C1c2ccccc2C[C@H]2CCCC[C@@H]12. The number of carbonyl (C=O) groups is 1. The van der Waals surface area contributed by atoms with Gasteiger partial charge in [0.25, 0.3) is 0 Å². The molecular formula is C14H16O. The Kier molecular flexibility index (Phi) is 2.12. The van der Waals surface area contributed by atoms with Crippen molar-refractivity contribution in [3.63, 3.8) is 0 Å². The highest BCUT2D eigenvalue weighted by Crippen LogP contribution is 2.39. The van der Waals surface area contributed by atoms with Crippen molar-refractivity contribution < 1.29 is 4.79 Å². The molecule has 0 spiro atoms. The monoisotopic (exact) mass is 200 g/mol. The van der Waals surface area contributed by atoms with Gasteiger partial charge in [-0.3, -0.25) is 4.79 Å². The summed E-state index contributed by atoms with van der Waals surface area (Å²) in [7, 11) is 0. The van der Waals surface area contributed by atoms with Gasteiger partial charge in [-0.15, -0.1) is 0 Å². The van der Waals surface area contributed by atoms with Gasteiger partial charge < -0.3 is 0 Å². The molecule has 78 valence electrons. The van der Waals surface area contributed by atoms with E-state index in [1.807, 2.05) is 12.1 Å². The standard InChI is InChI=1S/C14H16O/c15-14-12-7-3-1-5-10(12)9-11-6-2-4-8-13(11)14/h1,3,5,7,11,13H,2,4,6,8-9H2/t11-,13-/m1/s1. The Labute approximate surface area is 90.5 Å². The molecular weight excluding hydrogens is 184 g/mol. The first kappa shape index (κ1) is 9.14. The largest absolute Gasteiger partial charge is 0.294 e. The first-order valence-corrected chi connectivity index (χ1v) is 5.98. The second kappa shape index (κ2) is 3.48. The summed E-state index contributed by atoms with van der Waals surface area (Å²) in [6.45, 7) is 0. The van der Waals surface area contributed by atoms with Crippen LogP contribution in [0.5, 0.6) is 0 Å². The topological polar surface area (TPSA) is 17.1 Å². The van der Waals surface area contributed by atoms with Crippen molar-refractivity contribution in [2.75, 3.05) is 0 Å². The van der Waals surface area contributed by atoms with Crippen LogP contribution in [0, 0.1) is 11.8 Å². The summed E-state index contributed by atoms with van der Waals surface area (Å²) in [5.74, 6) is 1.40. The highest BCUT2D eigenvalue weighted by Gasteiger charge is 2.36. The van der Waals surface area contributed by atoms with E-state index >= 15 is 0 Å². The average molecular weight is 200 g/mol. The number of benzene rings is 1. The van der Waals surface area contributed by atoms with Gasteiger partial charge >= 0.3 is 0 Å². The lowest BCUT2D eigenvalue weighted by Crippen LogP contribution is -2.33. The van der Waals surface area contributed by atoms with Crippen molar-refractivity contribution in [2.45, 2.75) is 32.1 Å². The van der Waals surface area contributed by atoms with Crippen LogP contribution in [0.1, 0.15) is 41.6 Å². The molecule has 2 atom stereocenters. The van der Waals surface area contributed by atoms with Crippen molar-refractivity contribution in [3.8, 4) is 0 Å². The number of hydrogen-bond donors (Lipinski definition) is 0. The molecule has 0 amide bonds. The second-order valence-corrected chi connectivity index (χ2v) is 4.88. The Morgan fingerprint density at radius 3 is 2.80 bits per heavy atom. The molecule has 0 aliphatic heterocycles. The number of ketones is 1. The van der Waals surface area contributed by atoms with Gasteiger partial charge in [0.15, 0.2) is 5.78 Å². The van der Waals surface area contributed by atoms with Crippen LogP contribution >= 0.6 is 0 Å². The van der Waals surface area contributed by atoms with E-state index in [1.54, 1.807) is 0 Å². The Balaban J connectivity index is 2.02. The molecule has 2 aliphatic rings. The van der Waals surface area contributed by atoms with E-state index in [0.29, 0.717) is 17.6 Å². The Morgan fingerprint density at radius 2 is 1.87 bits per heavy atom. The van der Waals surface area contributed by atoms with Crippen LogP contribution in [0.4, 0.5) is 0 Å². The molecule has 1 aromatic rings. The lowest BCUT2D eigenvalue weighted by molar-refractivity contribution is 0.0800. The first-order chi connectivity index (χ1) is 7.36. The summed E-state index contributed by atoms with van der Waals surface area (Å²) in [6.07, 6.45) is 6.07. The summed E-state index contributed by atoms with van der Waals surface area (Å²) in [5, 5.41) is 0. The zero-order valence-electron chi connectivity index (χ0n) is 8.91. The van der Waals surface area contributed by atoms with Crippen LogP contribution in [0.2, 0.25) is 0 Å². The molecule has 0 bridgehead atoms. The minimum Gasteiger partial charge on any atom is -0.294 e. The van der Waals surface area contributed by atoms with Crippen LogP contribution in [0.3, 0.4) is 0 Å². The third-order valence-electron chi connectivity index (χ3n) is 4.01. The first-order valence-electron chi connectivity index (χ1n) is 5.98. The van der Waals surface area contributed by atoms with Gasteiger partial charge in [0, 0.05) is 11.5 Å². The molecule has 1 heteroatoms. The molecule has 15 heavy (non-hydrogen) atoms. The predicted molar refractivity (Wildman–Crippen MR) is 59.9 cm³/mol. The van der Waals surface area contributed by atoms with E-state index in [4.69, 9.17) is 0 Å². The van der Waals surface area contributed by atoms with Crippen molar-refractivity contribution in [3.05, 3.63) is 35.4 Å². The van der Waals surface area contributed by atoms with Crippen LogP contribution in [0.25, 0.3) is 0 Å². The van der Waals surface area contributed by atoms with E-state index in [-0.39, 0.29) is 0 Å². The van der Waals surface area contributed by atoms with Crippen molar-refractivity contribution in [2.24, 2.45) is 11.8 Å². The van der Waals surface area contributed by atoms with Gasteiger partial charge in [0.2, 0.25) is 0 Å². The van der Waals surface area contributed by atoms with Gasteiger partial charge in [-0.1, -0.05) is 37.1 Å². The average Bonchev–Trinajstić information content (AvgIpc) is 2.30. The number of carbonyl (C=O) groups excluding carboxylic acids is 1. The maximum atomic E-state index is 12.3. The Hall–Kier alpha value is -1.11. The highest BCUT2D eigenvalue weighted by molar-refractivity contribution is 6.00. The van der Waals surface area contributed by atoms with E-state index in [9.17, 15) is 4.79 Å². The molecule has 3 rings (SSSR count). The van der Waals surface area contributed by atoms with E-state index in [1.165, 1.54) is 24.8 Å². The minimum atomic E-state index is 0.341. The molecule has 1 saturated carbocycles. The van der Waals surface area contributed by atoms with Gasteiger partial charge in [0.05, 0.1) is 0 Å². The summed E-state index contributed by atoms with van der Waals surface area (Å²) >= 11 is 0. The second-order valence-electron chi connectivity index (χ2n) is 4.88. The molecule has 0 saturated heterocycles. The number of fused-ring (bicyclic) bond motifs is 2. The van der Waals surface area contributed by atoms with Crippen LogP contribution in [0.15, 0.2) is 24.3 Å². The molecule has 0 radical (unpaired) electrons. The van der Waals surface area contributed by atoms with Gasteiger partial charge in [0.1, 0.15) is 0 Å². The van der Waals surface area contributed by atoms with Crippen LogP contribution in [-0.4, -0.2) is 5.78 Å². The summed E-state index contributed by atoms with van der Waals surface area (Å²) in [6, 6.07) is 8.16. The smallest absolute Gasteiger partial charge is 0.166 e. The summed E-state index contributed by atoms with van der Waals surface area (Å²) in [5.41, 5.74) is 2.28. The molecule has 1 nitrogen and oxygen atoms in total. The Bertz CT molecular complexity index is 394. The quantitative estimate of drug-likeness (QED) is 0.628. The molecule has 2 aliphatic carbocycles. The predicted octanol–water partition coefficient (Wildman–Crippen LogP) is 3.23. The number of rotatable bonds is 0. The summed E-state index contributed by atoms with van der Waals surface area (Å²) < 4.78 is 0. The highest BCUT2D eigenvalue weighted by atomic mass is 16.1. The van der Waals surface area contributed by atoms with E-state index < -0.39 is 0 Å². The van der Waals surface area contributed by atoms with E-state index in [2.05, 4.69) is 12.1 Å². The number of Topliss-reactive ketones (excluding diaryl/α,β-unsaturated/α-hetero) is 1. The number of hydrogen-bond acceptors (Lipinski definition) is 1. The molecule has 0 unspecified atom stereocenters. The van der Waals surface area contributed by atoms with Crippen LogP contribution < -0.4 is 0 Å². The third kappa shape index (κ3) is 1.41. The molecule has 1 fully saturated rings. The van der Waals surface area contributed by atoms with Crippen molar-refractivity contribution in [1.29, 1.82) is 0 Å². The zero-order valence-corrected chi connectivity index (χ0v) is 8.91. The molecule has 0 N–H and O–H groups in total. The van der Waals surface area contributed by atoms with Crippen molar-refractivity contribution in [1.82, 2.24) is 0 Å². The lowest BCUT2D eigenvalue weighted by atomic mass is 9.68. The fourth-order valence-electron chi connectivity index (χ4n) is 3.22. The van der Waals surface area contributed by atoms with Crippen molar-refractivity contribution >= 4 is 5.78 Å². The van der Waals surface area contributed by atoms with Gasteiger partial charge in [-0.2, -0.15) is 0 Å². The normalized spacial score (nSPS) is 29.5. The fraction of sp³-hybridized carbons (Fsp3) is 0.500. The zero-order chi connectivity index (χ0) is 10.3. The summed E-state index contributed by atoms with van der Waals surface area (Å²) in [4.78, 5) is 12.3.